The van der Waals surface area contributed by atoms with Gasteiger partial charge in [0.2, 0.25) is 0 Å². The second-order valence-corrected chi connectivity index (χ2v) is 4.00. The normalized spacial score (nSPS) is 10.7. The number of carbonyl (C=O) groups excluding carboxylic acids is 2. The Kier molecular flexibility index (Phi) is 4.66. The van der Waals surface area contributed by atoms with Crippen LogP contribution < -0.4 is 0 Å². The molecule has 0 aromatic carbocycles. The highest BCUT2D eigenvalue weighted by atomic mass is 31.2. The highest BCUT2D eigenvalue weighted by Gasteiger charge is 2.44. The van der Waals surface area contributed by atoms with Crippen LogP contribution in [0, 0.1) is 0 Å². The standard InChI is InChI=1S/C6H11O6P/c1-4-12-13(9,5(7)10-2)6(8)11-3/h4H2,1-3H3. The monoisotopic (exact) mass is 210 g/mol. The van der Waals surface area contributed by atoms with Crippen LogP contribution in [0.1, 0.15) is 6.92 Å². The molecule has 0 aliphatic rings. The summed E-state index contributed by atoms with van der Waals surface area (Å²) < 4.78 is 24.4. The van der Waals surface area contributed by atoms with Gasteiger partial charge < -0.3 is 14.0 Å². The van der Waals surface area contributed by atoms with E-state index in [2.05, 4.69) is 14.0 Å². The fraction of sp³-hybridized carbons (Fsp3) is 0.667. The lowest BCUT2D eigenvalue weighted by Gasteiger charge is -2.11. The third kappa shape index (κ3) is 2.54. The van der Waals surface area contributed by atoms with Crippen LogP contribution in [0.3, 0.4) is 0 Å². The molecule has 7 heteroatoms. The van der Waals surface area contributed by atoms with Crippen molar-refractivity contribution < 1.29 is 28.2 Å². The molecular formula is C6H11O6P. The van der Waals surface area contributed by atoms with E-state index in [1.54, 1.807) is 0 Å². The molecule has 0 saturated carbocycles. The fourth-order valence-electron chi connectivity index (χ4n) is 0.602. The topological polar surface area (TPSA) is 78.9 Å². The van der Waals surface area contributed by atoms with E-state index < -0.39 is 18.8 Å². The van der Waals surface area contributed by atoms with Crippen molar-refractivity contribution in [3.05, 3.63) is 0 Å². The van der Waals surface area contributed by atoms with Gasteiger partial charge in [-0.25, -0.2) is 9.59 Å². The highest BCUT2D eigenvalue weighted by molar-refractivity contribution is 7.89. The second kappa shape index (κ2) is 4.99. The van der Waals surface area contributed by atoms with Gasteiger partial charge in [-0.05, 0) is 6.92 Å². The predicted molar refractivity (Wildman–Crippen MR) is 44.0 cm³/mol. The van der Waals surface area contributed by atoms with Crippen molar-refractivity contribution in [2.24, 2.45) is 0 Å². The molecule has 0 N–H and O–H groups in total. The van der Waals surface area contributed by atoms with Gasteiger partial charge >= 0.3 is 18.8 Å². The van der Waals surface area contributed by atoms with Crippen molar-refractivity contribution in [1.29, 1.82) is 0 Å². The maximum Gasteiger partial charge on any atom is 0.413 e. The molecule has 0 spiro atoms. The van der Waals surface area contributed by atoms with Gasteiger partial charge in [0.1, 0.15) is 0 Å². The molecule has 0 rings (SSSR count). The van der Waals surface area contributed by atoms with Gasteiger partial charge in [-0.2, -0.15) is 0 Å². The van der Waals surface area contributed by atoms with Gasteiger partial charge in [0.05, 0.1) is 20.8 Å². The van der Waals surface area contributed by atoms with E-state index in [0.717, 1.165) is 14.2 Å². The summed E-state index contributed by atoms with van der Waals surface area (Å²) in [5, 5.41) is 0. The summed E-state index contributed by atoms with van der Waals surface area (Å²) in [6.45, 7) is 1.46. The summed E-state index contributed by atoms with van der Waals surface area (Å²) in [5.41, 5.74) is -2.41. The van der Waals surface area contributed by atoms with Crippen LogP contribution in [0.15, 0.2) is 0 Å². The van der Waals surface area contributed by atoms with Gasteiger partial charge in [0, 0.05) is 0 Å². The minimum Gasteiger partial charge on any atom is -0.461 e. The molecule has 0 fully saturated rings. The Hall–Kier alpha value is -0.870. The summed E-state index contributed by atoms with van der Waals surface area (Å²) in [6.07, 6.45) is 0. The molecule has 0 aliphatic heterocycles. The zero-order valence-corrected chi connectivity index (χ0v) is 8.50. The van der Waals surface area contributed by atoms with E-state index in [0.29, 0.717) is 0 Å². The Morgan fingerprint density at radius 3 is 1.77 bits per heavy atom. The maximum atomic E-state index is 11.5. The number of hydrogen-bond donors (Lipinski definition) is 0. The number of rotatable bonds is 4. The Labute approximate surface area is 75.6 Å². The van der Waals surface area contributed by atoms with Crippen LogP contribution in [0.25, 0.3) is 0 Å². The van der Waals surface area contributed by atoms with Crippen LogP contribution in [0.4, 0.5) is 9.59 Å². The van der Waals surface area contributed by atoms with E-state index in [9.17, 15) is 14.2 Å². The lowest BCUT2D eigenvalue weighted by atomic mass is 10.9. The van der Waals surface area contributed by atoms with Crippen molar-refractivity contribution >= 4 is 18.8 Å². The van der Waals surface area contributed by atoms with E-state index in [-0.39, 0.29) is 6.61 Å². The first-order valence-electron chi connectivity index (χ1n) is 3.44. The minimum atomic E-state index is -4.12. The minimum absolute atomic E-state index is 0.0402. The van der Waals surface area contributed by atoms with Crippen molar-refractivity contribution in [3.8, 4) is 0 Å². The van der Waals surface area contributed by atoms with E-state index in [1.807, 2.05) is 0 Å². The Balaban J connectivity index is 4.83. The molecule has 0 bridgehead atoms. The first kappa shape index (κ1) is 12.1. The Morgan fingerprint density at radius 2 is 1.54 bits per heavy atom. The van der Waals surface area contributed by atoms with Gasteiger partial charge in [0.25, 0.3) is 0 Å². The first-order valence-corrected chi connectivity index (χ1v) is 5.07. The molecule has 0 atom stereocenters. The molecule has 0 saturated heterocycles. The number of hydrogen-bond acceptors (Lipinski definition) is 6. The number of ether oxygens (including phenoxy) is 2. The molecule has 0 heterocycles. The molecule has 0 unspecified atom stereocenters. The average molecular weight is 210 g/mol. The highest BCUT2D eigenvalue weighted by Crippen LogP contribution is 2.50. The molecule has 0 radical (unpaired) electrons. The number of methoxy groups -OCH3 is 2. The van der Waals surface area contributed by atoms with E-state index in [1.165, 1.54) is 6.92 Å². The smallest absolute Gasteiger partial charge is 0.413 e. The Bertz CT molecular complexity index is 228. The van der Waals surface area contributed by atoms with Gasteiger partial charge in [-0.15, -0.1) is 0 Å². The van der Waals surface area contributed by atoms with Crippen LogP contribution in [0.2, 0.25) is 0 Å². The van der Waals surface area contributed by atoms with Crippen molar-refractivity contribution in [1.82, 2.24) is 0 Å². The van der Waals surface area contributed by atoms with Gasteiger partial charge in [0.15, 0.2) is 0 Å². The summed E-state index contributed by atoms with van der Waals surface area (Å²) in [6, 6.07) is 0. The predicted octanol–water partition coefficient (Wildman–Crippen LogP) is 1.83. The van der Waals surface area contributed by atoms with Crippen LogP contribution in [-0.2, 0) is 18.6 Å². The van der Waals surface area contributed by atoms with Crippen LogP contribution in [-0.4, -0.2) is 32.2 Å². The molecule has 0 aliphatic carbocycles. The molecule has 13 heavy (non-hydrogen) atoms. The van der Waals surface area contributed by atoms with Crippen molar-refractivity contribution in [3.63, 3.8) is 0 Å². The third-order valence-corrected chi connectivity index (χ3v) is 3.09. The molecular weight excluding hydrogens is 199 g/mol. The molecule has 0 amide bonds. The third-order valence-electron chi connectivity index (χ3n) is 1.14. The lowest BCUT2D eigenvalue weighted by molar-refractivity contribution is 0.177. The SMILES string of the molecule is CCOP(=O)(C(=O)OC)C(=O)OC. The zero-order valence-electron chi connectivity index (χ0n) is 7.60. The Morgan fingerprint density at radius 1 is 1.15 bits per heavy atom. The molecule has 0 aromatic heterocycles. The van der Waals surface area contributed by atoms with Crippen LogP contribution in [0.5, 0.6) is 0 Å². The second-order valence-electron chi connectivity index (χ2n) is 1.91. The number of carbonyl (C=O) groups is 2. The summed E-state index contributed by atoms with van der Waals surface area (Å²) in [5.74, 6) is 0. The molecule has 0 aromatic rings. The first-order chi connectivity index (χ1) is 6.02. The zero-order chi connectivity index (χ0) is 10.5. The fourth-order valence-corrected chi connectivity index (χ4v) is 1.81. The lowest BCUT2D eigenvalue weighted by Crippen LogP contribution is -2.12. The molecule has 6 nitrogen and oxygen atoms in total. The van der Waals surface area contributed by atoms with Gasteiger partial charge in [-0.1, -0.05) is 0 Å². The quantitative estimate of drug-likeness (QED) is 0.658. The van der Waals surface area contributed by atoms with E-state index >= 15 is 0 Å². The van der Waals surface area contributed by atoms with Gasteiger partial charge in [-0.3, -0.25) is 4.57 Å². The van der Waals surface area contributed by atoms with Crippen LogP contribution >= 0.6 is 7.37 Å². The van der Waals surface area contributed by atoms with Crippen molar-refractivity contribution in [2.75, 3.05) is 20.8 Å². The summed E-state index contributed by atoms with van der Waals surface area (Å²) in [7, 11) is -2.10. The summed E-state index contributed by atoms with van der Waals surface area (Å²) >= 11 is 0. The largest absolute Gasteiger partial charge is 0.461 e. The van der Waals surface area contributed by atoms with E-state index in [4.69, 9.17) is 0 Å². The molecule has 76 valence electrons. The van der Waals surface area contributed by atoms with Crippen molar-refractivity contribution in [2.45, 2.75) is 6.92 Å². The average Bonchev–Trinajstić information content (AvgIpc) is 2.15. The maximum absolute atomic E-state index is 11.5. The summed E-state index contributed by atoms with van der Waals surface area (Å²) in [4.78, 5) is 21.8.